The molecule has 1 fully saturated rings. The van der Waals surface area contributed by atoms with Crippen LogP contribution in [0.3, 0.4) is 0 Å². The number of carbonyl (C=O) groups is 2. The molecule has 0 unspecified atom stereocenters. The first-order chi connectivity index (χ1) is 8.20. The van der Waals surface area contributed by atoms with Crippen LogP contribution in [0.15, 0.2) is 0 Å². The first-order valence-electron chi connectivity index (χ1n) is 5.51. The number of rotatable bonds is 5. The lowest BCUT2D eigenvalue weighted by atomic mass is 10.4. The number of carbonyl (C=O) groups excluding carboxylic acids is 1. The minimum Gasteiger partial charge on any atom is -0.481 e. The number of hydrogen-bond acceptors (Lipinski definition) is 2. The Bertz CT molecular complexity index is 329. The minimum atomic E-state index is -4.44. The third-order valence-electron chi connectivity index (χ3n) is 2.57. The van der Waals surface area contributed by atoms with Crippen molar-refractivity contribution in [3.8, 4) is 0 Å². The molecule has 1 aliphatic rings. The van der Waals surface area contributed by atoms with Gasteiger partial charge in [-0.05, 0) is 12.8 Å². The maximum Gasteiger partial charge on any atom is 0.406 e. The highest BCUT2D eigenvalue weighted by molar-refractivity contribution is 5.76. The van der Waals surface area contributed by atoms with Gasteiger partial charge in [0.25, 0.3) is 0 Å². The van der Waals surface area contributed by atoms with E-state index in [4.69, 9.17) is 5.11 Å². The molecule has 0 aromatic heterocycles. The number of amides is 2. The van der Waals surface area contributed by atoms with Crippen molar-refractivity contribution in [2.45, 2.75) is 31.5 Å². The minimum absolute atomic E-state index is 0.102. The largest absolute Gasteiger partial charge is 0.481 e. The van der Waals surface area contributed by atoms with Crippen LogP contribution >= 0.6 is 0 Å². The molecule has 0 saturated heterocycles. The maximum atomic E-state index is 12.3. The molecule has 0 spiro atoms. The number of alkyl halides is 3. The van der Waals surface area contributed by atoms with Crippen LogP contribution in [0.4, 0.5) is 18.0 Å². The first kappa shape index (κ1) is 14.6. The molecule has 5 nitrogen and oxygen atoms in total. The summed E-state index contributed by atoms with van der Waals surface area (Å²) in [5, 5.41) is 8.46. The highest BCUT2D eigenvalue weighted by Gasteiger charge is 2.41. The van der Waals surface area contributed by atoms with E-state index in [1.54, 1.807) is 0 Å². The summed E-state index contributed by atoms with van der Waals surface area (Å²) < 4.78 is 37.0. The first-order valence-corrected chi connectivity index (χ1v) is 5.51. The smallest absolute Gasteiger partial charge is 0.406 e. The number of aliphatic carboxylic acids is 1. The summed E-state index contributed by atoms with van der Waals surface area (Å²) in [6, 6.07) is -1.14. The lowest BCUT2D eigenvalue weighted by Crippen LogP contribution is -2.47. The van der Waals surface area contributed by atoms with Gasteiger partial charge in [0.15, 0.2) is 0 Å². The van der Waals surface area contributed by atoms with Crippen molar-refractivity contribution in [2.24, 2.45) is 0 Å². The van der Waals surface area contributed by atoms with E-state index in [2.05, 4.69) is 0 Å². The zero-order valence-electron chi connectivity index (χ0n) is 9.90. The van der Waals surface area contributed by atoms with Crippen LogP contribution in [0.5, 0.6) is 0 Å². The third-order valence-corrected chi connectivity index (χ3v) is 2.57. The quantitative estimate of drug-likeness (QED) is 0.822. The highest BCUT2D eigenvalue weighted by atomic mass is 19.4. The standard InChI is InChI=1S/C10H15F3N2O3/c1-14(5-4-8(16)17)9(18)15(7-2-3-7)6-10(11,12)13/h7H,2-6H2,1H3,(H,16,17). The average Bonchev–Trinajstić information content (AvgIpc) is 3.03. The zero-order valence-corrected chi connectivity index (χ0v) is 9.90. The fourth-order valence-corrected chi connectivity index (χ4v) is 1.51. The summed E-state index contributed by atoms with van der Waals surface area (Å²) in [4.78, 5) is 23.9. The second-order valence-electron chi connectivity index (χ2n) is 4.32. The van der Waals surface area contributed by atoms with E-state index in [1.807, 2.05) is 0 Å². The number of urea groups is 1. The Hall–Kier alpha value is -1.47. The van der Waals surface area contributed by atoms with Crippen molar-refractivity contribution < 1.29 is 27.9 Å². The summed E-state index contributed by atoms with van der Waals surface area (Å²) >= 11 is 0. The lowest BCUT2D eigenvalue weighted by Gasteiger charge is -2.28. The predicted molar refractivity (Wildman–Crippen MR) is 56.1 cm³/mol. The van der Waals surface area contributed by atoms with Gasteiger partial charge in [-0.25, -0.2) is 4.79 Å². The Kier molecular flexibility index (Phi) is 4.42. The monoisotopic (exact) mass is 268 g/mol. The van der Waals surface area contributed by atoms with Crippen molar-refractivity contribution in [1.29, 1.82) is 0 Å². The van der Waals surface area contributed by atoms with Gasteiger partial charge >= 0.3 is 18.2 Å². The highest BCUT2D eigenvalue weighted by Crippen LogP contribution is 2.30. The summed E-state index contributed by atoms with van der Waals surface area (Å²) in [5.74, 6) is -1.09. The Morgan fingerprint density at radius 2 is 1.89 bits per heavy atom. The van der Waals surface area contributed by atoms with Gasteiger partial charge in [0, 0.05) is 19.6 Å². The number of hydrogen-bond donors (Lipinski definition) is 1. The predicted octanol–water partition coefficient (Wildman–Crippen LogP) is 1.54. The fraction of sp³-hybridized carbons (Fsp3) is 0.800. The Labute approximate surface area is 102 Å². The van der Waals surface area contributed by atoms with Crippen molar-refractivity contribution in [1.82, 2.24) is 9.80 Å². The van der Waals surface area contributed by atoms with Crippen LogP contribution in [-0.4, -0.2) is 59.3 Å². The molecule has 2 amide bonds. The van der Waals surface area contributed by atoms with E-state index in [-0.39, 0.29) is 19.0 Å². The molecule has 0 radical (unpaired) electrons. The molecule has 8 heteroatoms. The fourth-order valence-electron chi connectivity index (χ4n) is 1.51. The van der Waals surface area contributed by atoms with Crippen molar-refractivity contribution in [3.05, 3.63) is 0 Å². The number of carboxylic acid groups (broad SMARTS) is 1. The van der Waals surface area contributed by atoms with Crippen LogP contribution in [0.25, 0.3) is 0 Å². The molecule has 0 heterocycles. The van der Waals surface area contributed by atoms with Crippen LogP contribution in [-0.2, 0) is 4.79 Å². The van der Waals surface area contributed by atoms with Crippen LogP contribution in [0.2, 0.25) is 0 Å². The summed E-state index contributed by atoms with van der Waals surface area (Å²) in [6.07, 6.45) is -3.60. The van der Waals surface area contributed by atoms with Crippen molar-refractivity contribution >= 4 is 12.0 Å². The van der Waals surface area contributed by atoms with E-state index in [9.17, 15) is 22.8 Å². The van der Waals surface area contributed by atoms with Crippen LogP contribution in [0, 0.1) is 0 Å². The van der Waals surface area contributed by atoms with Gasteiger partial charge in [-0.2, -0.15) is 13.2 Å². The Morgan fingerprint density at radius 1 is 1.33 bits per heavy atom. The van der Waals surface area contributed by atoms with Crippen molar-refractivity contribution in [2.75, 3.05) is 20.1 Å². The molecule has 104 valence electrons. The molecular formula is C10H15F3N2O3. The molecule has 0 atom stereocenters. The maximum absolute atomic E-state index is 12.3. The summed E-state index contributed by atoms with van der Waals surface area (Å²) in [6.45, 7) is -1.39. The topological polar surface area (TPSA) is 60.9 Å². The second-order valence-corrected chi connectivity index (χ2v) is 4.32. The summed E-state index contributed by atoms with van der Waals surface area (Å²) in [5.41, 5.74) is 0. The van der Waals surface area contributed by atoms with E-state index >= 15 is 0 Å². The van der Waals surface area contributed by atoms with Gasteiger partial charge in [0.1, 0.15) is 6.54 Å². The molecule has 18 heavy (non-hydrogen) atoms. The van der Waals surface area contributed by atoms with Gasteiger partial charge in [-0.15, -0.1) is 0 Å². The van der Waals surface area contributed by atoms with E-state index < -0.39 is 24.7 Å². The van der Waals surface area contributed by atoms with Crippen LogP contribution < -0.4 is 0 Å². The second kappa shape index (κ2) is 5.45. The van der Waals surface area contributed by atoms with Gasteiger partial charge in [-0.3, -0.25) is 4.79 Å². The molecule has 1 saturated carbocycles. The molecule has 1 N–H and O–H groups in total. The van der Waals surface area contributed by atoms with Crippen molar-refractivity contribution in [3.63, 3.8) is 0 Å². The molecule has 0 aromatic rings. The molecule has 1 rings (SSSR count). The number of carboxylic acids is 1. The molecule has 0 aromatic carbocycles. The molecular weight excluding hydrogens is 253 g/mol. The number of nitrogens with zero attached hydrogens (tertiary/aromatic N) is 2. The van der Waals surface area contributed by atoms with Gasteiger partial charge in [-0.1, -0.05) is 0 Å². The van der Waals surface area contributed by atoms with Crippen LogP contribution in [0.1, 0.15) is 19.3 Å². The zero-order chi connectivity index (χ0) is 13.9. The van der Waals surface area contributed by atoms with Gasteiger partial charge < -0.3 is 14.9 Å². The normalized spacial score (nSPS) is 15.3. The SMILES string of the molecule is CN(CCC(=O)O)C(=O)N(CC(F)(F)F)C1CC1. The van der Waals surface area contributed by atoms with E-state index in [0.717, 1.165) is 9.80 Å². The molecule has 1 aliphatic carbocycles. The van der Waals surface area contributed by atoms with E-state index in [0.29, 0.717) is 12.8 Å². The summed E-state index contributed by atoms with van der Waals surface area (Å²) in [7, 11) is 1.30. The Morgan fingerprint density at radius 3 is 2.28 bits per heavy atom. The third kappa shape index (κ3) is 4.80. The molecule has 0 aliphatic heterocycles. The Balaban J connectivity index is 2.56. The lowest BCUT2D eigenvalue weighted by molar-refractivity contribution is -0.142. The van der Waals surface area contributed by atoms with Gasteiger partial charge in [0.05, 0.1) is 6.42 Å². The molecule has 0 bridgehead atoms. The van der Waals surface area contributed by atoms with Gasteiger partial charge in [0.2, 0.25) is 0 Å². The average molecular weight is 268 g/mol. The van der Waals surface area contributed by atoms with E-state index in [1.165, 1.54) is 7.05 Å². The number of halogens is 3.